The van der Waals surface area contributed by atoms with Gasteiger partial charge in [-0.25, -0.2) is 4.98 Å². The molecule has 1 aliphatic heterocycles. The summed E-state index contributed by atoms with van der Waals surface area (Å²) in [5.74, 6) is 0.711. The van der Waals surface area contributed by atoms with E-state index >= 15 is 0 Å². The van der Waals surface area contributed by atoms with E-state index < -0.39 is 0 Å². The second-order valence-electron chi connectivity index (χ2n) is 5.93. The second-order valence-corrected chi connectivity index (χ2v) is 5.93. The Morgan fingerprint density at radius 2 is 2.00 bits per heavy atom. The molecule has 0 aliphatic carbocycles. The van der Waals surface area contributed by atoms with E-state index in [1.165, 1.54) is 12.0 Å². The third kappa shape index (κ3) is 3.70. The average Bonchev–Trinajstić information content (AvgIpc) is 2.62. The maximum absolute atomic E-state index is 12.7. The van der Waals surface area contributed by atoms with Gasteiger partial charge in [-0.3, -0.25) is 4.79 Å². The van der Waals surface area contributed by atoms with Crippen molar-refractivity contribution in [2.75, 3.05) is 23.3 Å². The monoisotopic (exact) mass is 309 g/mol. The quantitative estimate of drug-likeness (QED) is 0.932. The first-order chi connectivity index (χ1) is 11.3. The number of aromatic nitrogens is 1. The Morgan fingerprint density at radius 1 is 1.17 bits per heavy atom. The molecule has 1 saturated heterocycles. The van der Waals surface area contributed by atoms with Crippen LogP contribution in [0.3, 0.4) is 0 Å². The summed E-state index contributed by atoms with van der Waals surface area (Å²) < 4.78 is 0. The van der Waals surface area contributed by atoms with Gasteiger partial charge in [0.2, 0.25) is 0 Å². The Kier molecular flexibility index (Phi) is 4.91. The lowest BCUT2D eigenvalue weighted by atomic mass is 10.1. The summed E-state index contributed by atoms with van der Waals surface area (Å²) in [6, 6.07) is 11.7. The number of nitrogens with one attached hydrogen (secondary N) is 1. The zero-order valence-corrected chi connectivity index (χ0v) is 13.6. The predicted molar refractivity (Wildman–Crippen MR) is 94.1 cm³/mol. The number of hydrogen-bond acceptors (Lipinski definition) is 3. The number of carbonyl (C=O) groups is 1. The first-order valence-corrected chi connectivity index (χ1v) is 8.38. The van der Waals surface area contributed by atoms with Gasteiger partial charge >= 0.3 is 0 Å². The van der Waals surface area contributed by atoms with Crippen molar-refractivity contribution >= 4 is 17.4 Å². The van der Waals surface area contributed by atoms with Crippen molar-refractivity contribution in [1.29, 1.82) is 0 Å². The number of benzene rings is 1. The summed E-state index contributed by atoms with van der Waals surface area (Å²) in [6.45, 7) is 4.06. The van der Waals surface area contributed by atoms with Crippen LogP contribution in [0.1, 0.15) is 42.1 Å². The minimum absolute atomic E-state index is 0.0908. The zero-order chi connectivity index (χ0) is 16.1. The molecule has 0 bridgehead atoms. The van der Waals surface area contributed by atoms with Gasteiger partial charge in [0.15, 0.2) is 0 Å². The van der Waals surface area contributed by atoms with Crippen LogP contribution in [0.5, 0.6) is 0 Å². The number of aryl methyl sites for hydroxylation is 1. The van der Waals surface area contributed by atoms with Crippen LogP contribution >= 0.6 is 0 Å². The molecule has 3 rings (SSSR count). The molecule has 1 amide bonds. The lowest BCUT2D eigenvalue weighted by molar-refractivity contribution is 0.102. The molecule has 0 saturated carbocycles. The van der Waals surface area contributed by atoms with E-state index in [1.54, 1.807) is 6.20 Å². The van der Waals surface area contributed by atoms with Crippen LogP contribution < -0.4 is 10.2 Å². The molecular weight excluding hydrogens is 286 g/mol. The van der Waals surface area contributed by atoms with E-state index in [9.17, 15) is 4.79 Å². The third-order valence-corrected chi connectivity index (χ3v) is 4.28. The molecular formula is C19H23N3O. The van der Waals surface area contributed by atoms with Crippen molar-refractivity contribution in [2.24, 2.45) is 0 Å². The van der Waals surface area contributed by atoms with Gasteiger partial charge in [-0.2, -0.15) is 0 Å². The maximum atomic E-state index is 12.7. The van der Waals surface area contributed by atoms with Crippen molar-refractivity contribution in [2.45, 2.75) is 32.6 Å². The van der Waals surface area contributed by atoms with Gasteiger partial charge in [-0.1, -0.05) is 19.1 Å². The second kappa shape index (κ2) is 7.27. The van der Waals surface area contributed by atoms with Gasteiger partial charge < -0.3 is 10.2 Å². The fourth-order valence-corrected chi connectivity index (χ4v) is 3.00. The Bertz CT molecular complexity index is 678. The smallest absolute Gasteiger partial charge is 0.259 e. The van der Waals surface area contributed by atoms with E-state index in [4.69, 9.17) is 0 Å². The normalized spacial score (nSPS) is 14.6. The summed E-state index contributed by atoms with van der Waals surface area (Å²) >= 11 is 0. The first-order valence-electron chi connectivity index (χ1n) is 8.38. The topological polar surface area (TPSA) is 45.2 Å². The largest absolute Gasteiger partial charge is 0.356 e. The molecule has 120 valence electrons. The Labute approximate surface area is 137 Å². The molecule has 2 aromatic rings. The van der Waals surface area contributed by atoms with Crippen molar-refractivity contribution < 1.29 is 4.79 Å². The van der Waals surface area contributed by atoms with E-state index in [0.717, 1.165) is 43.9 Å². The molecule has 0 atom stereocenters. The number of hydrogen-bond donors (Lipinski definition) is 1. The summed E-state index contributed by atoms with van der Waals surface area (Å²) in [7, 11) is 0. The molecule has 4 nitrogen and oxygen atoms in total. The molecule has 1 fully saturated rings. The van der Waals surface area contributed by atoms with Gasteiger partial charge in [-0.05, 0) is 55.5 Å². The van der Waals surface area contributed by atoms with Gasteiger partial charge in [0.25, 0.3) is 5.91 Å². The Hall–Kier alpha value is -2.36. The van der Waals surface area contributed by atoms with Crippen LogP contribution in [-0.2, 0) is 6.42 Å². The highest BCUT2D eigenvalue weighted by Crippen LogP contribution is 2.23. The summed E-state index contributed by atoms with van der Waals surface area (Å²) in [4.78, 5) is 19.4. The minimum atomic E-state index is -0.0908. The lowest BCUT2D eigenvalue weighted by Crippen LogP contribution is -2.32. The van der Waals surface area contributed by atoms with Crippen LogP contribution in [0.15, 0.2) is 42.6 Å². The number of carbonyl (C=O) groups excluding carboxylic acids is 1. The van der Waals surface area contributed by atoms with E-state index in [2.05, 4.69) is 28.2 Å². The van der Waals surface area contributed by atoms with Crippen LogP contribution in [0, 0.1) is 0 Å². The van der Waals surface area contributed by atoms with Crippen LogP contribution in [-0.4, -0.2) is 24.0 Å². The van der Waals surface area contributed by atoms with E-state index in [0.29, 0.717) is 5.56 Å². The van der Waals surface area contributed by atoms with Gasteiger partial charge in [0.05, 0.1) is 5.56 Å². The molecule has 4 heteroatoms. The SMILES string of the molecule is CCc1cccc(NC(=O)c2cccnc2N2CCCCC2)c1. The number of anilines is 2. The van der Waals surface area contributed by atoms with Crippen molar-refractivity contribution in [3.05, 3.63) is 53.7 Å². The molecule has 0 spiro atoms. The third-order valence-electron chi connectivity index (χ3n) is 4.28. The fraction of sp³-hybridized carbons (Fsp3) is 0.368. The molecule has 1 N–H and O–H groups in total. The highest BCUT2D eigenvalue weighted by molar-refractivity contribution is 6.07. The number of nitrogens with zero attached hydrogens (tertiary/aromatic N) is 2. The average molecular weight is 309 g/mol. The van der Waals surface area contributed by atoms with Crippen LogP contribution in [0.2, 0.25) is 0 Å². The Morgan fingerprint density at radius 3 is 2.78 bits per heavy atom. The number of rotatable bonds is 4. The van der Waals surface area contributed by atoms with Gasteiger partial charge in [-0.15, -0.1) is 0 Å². The van der Waals surface area contributed by atoms with E-state index in [1.807, 2.05) is 30.3 Å². The molecule has 2 heterocycles. The number of amides is 1. The first kappa shape index (κ1) is 15.5. The van der Waals surface area contributed by atoms with Gasteiger partial charge in [0.1, 0.15) is 5.82 Å². The van der Waals surface area contributed by atoms with Crippen molar-refractivity contribution in [3.8, 4) is 0 Å². The molecule has 1 aromatic carbocycles. The lowest BCUT2D eigenvalue weighted by Gasteiger charge is -2.29. The summed E-state index contributed by atoms with van der Waals surface area (Å²) in [5.41, 5.74) is 2.70. The van der Waals surface area contributed by atoms with E-state index in [-0.39, 0.29) is 5.91 Å². The van der Waals surface area contributed by atoms with Crippen molar-refractivity contribution in [3.63, 3.8) is 0 Å². The zero-order valence-electron chi connectivity index (χ0n) is 13.6. The molecule has 23 heavy (non-hydrogen) atoms. The highest BCUT2D eigenvalue weighted by Gasteiger charge is 2.19. The fourth-order valence-electron chi connectivity index (χ4n) is 3.00. The minimum Gasteiger partial charge on any atom is -0.356 e. The number of pyridine rings is 1. The van der Waals surface area contributed by atoms with Crippen LogP contribution in [0.25, 0.3) is 0 Å². The molecule has 1 aromatic heterocycles. The standard InChI is InChI=1S/C19H23N3O/c1-2-15-8-6-9-16(14-15)21-19(23)17-10-7-11-20-18(17)22-12-4-3-5-13-22/h6-11,14H,2-5,12-13H2,1H3,(H,21,23). The van der Waals surface area contributed by atoms with Gasteiger partial charge in [0, 0.05) is 25.0 Å². The van der Waals surface area contributed by atoms with Crippen molar-refractivity contribution in [1.82, 2.24) is 4.98 Å². The summed E-state index contributed by atoms with van der Waals surface area (Å²) in [6.07, 6.45) is 6.30. The Balaban J connectivity index is 1.81. The molecule has 1 aliphatic rings. The predicted octanol–water partition coefficient (Wildman–Crippen LogP) is 3.89. The number of piperidine rings is 1. The highest BCUT2D eigenvalue weighted by atomic mass is 16.1. The molecule has 0 radical (unpaired) electrons. The maximum Gasteiger partial charge on any atom is 0.259 e. The molecule has 0 unspecified atom stereocenters. The summed E-state index contributed by atoms with van der Waals surface area (Å²) in [5, 5.41) is 3.01. The van der Waals surface area contributed by atoms with Crippen LogP contribution in [0.4, 0.5) is 11.5 Å².